The first-order chi connectivity index (χ1) is 7.82. The lowest BCUT2D eigenvalue weighted by atomic mass is 9.99. The van der Waals surface area contributed by atoms with Gasteiger partial charge in [0.25, 0.3) is 0 Å². The predicted octanol–water partition coefficient (Wildman–Crippen LogP) is 2.08. The van der Waals surface area contributed by atoms with Crippen molar-refractivity contribution in [2.24, 2.45) is 0 Å². The fraction of sp³-hybridized carbons (Fsp3) is 0.333. The van der Waals surface area contributed by atoms with Gasteiger partial charge in [-0.2, -0.15) is 0 Å². The molecule has 0 radical (unpaired) electrons. The second kappa shape index (κ2) is 5.42. The summed E-state index contributed by atoms with van der Waals surface area (Å²) in [5.74, 6) is -1.48. The van der Waals surface area contributed by atoms with Crippen LogP contribution in [0.1, 0.15) is 34.5 Å². The van der Waals surface area contributed by atoms with Gasteiger partial charge in [-0.05, 0) is 31.5 Å². The van der Waals surface area contributed by atoms with Gasteiger partial charge >= 0.3 is 5.97 Å². The fourth-order valence-electron chi connectivity index (χ4n) is 1.49. The summed E-state index contributed by atoms with van der Waals surface area (Å²) in [6.45, 7) is 3.44. The molecule has 92 valence electrons. The van der Waals surface area contributed by atoms with Crippen molar-refractivity contribution in [2.45, 2.75) is 24.8 Å². The summed E-state index contributed by atoms with van der Waals surface area (Å²) in [6.07, 6.45) is -1.60. The molecule has 1 aromatic carbocycles. The second-order valence-electron chi connectivity index (χ2n) is 3.85. The molecule has 2 N–H and O–H groups in total. The number of benzene rings is 1. The number of halogens is 1. The number of aliphatic hydroxyl groups excluding tert-OH is 1. The Hall–Kier alpha value is -1.20. The molecule has 0 amide bonds. The minimum atomic E-state index is -1.60. The Labute approximate surface area is 107 Å². The summed E-state index contributed by atoms with van der Waals surface area (Å²) >= 11 is 3.16. The quantitative estimate of drug-likeness (QED) is 0.659. The number of carbonyl (C=O) groups excluding carboxylic acids is 1. The molecule has 1 rings (SSSR count). The molecule has 0 aliphatic rings. The number of Topliss-reactive ketones (excluding diaryl/α,β-unsaturated/α-hetero) is 1. The Morgan fingerprint density at radius 3 is 2.35 bits per heavy atom. The zero-order chi connectivity index (χ0) is 13.2. The number of carbonyl (C=O) groups is 2. The smallest absolute Gasteiger partial charge is 0.337 e. The Balaban J connectivity index is 3.19. The summed E-state index contributed by atoms with van der Waals surface area (Å²) in [5, 5.41) is 18.2. The van der Waals surface area contributed by atoms with E-state index < -0.39 is 12.1 Å². The number of hydrogen-bond acceptors (Lipinski definition) is 3. The topological polar surface area (TPSA) is 74.6 Å². The number of rotatable bonds is 4. The number of ketones is 1. The van der Waals surface area contributed by atoms with Gasteiger partial charge in [0.2, 0.25) is 0 Å². The molecule has 5 heteroatoms. The summed E-state index contributed by atoms with van der Waals surface area (Å²) in [7, 11) is 0. The molecule has 4 nitrogen and oxygen atoms in total. The zero-order valence-electron chi connectivity index (χ0n) is 9.48. The van der Waals surface area contributed by atoms with Crippen molar-refractivity contribution >= 4 is 27.7 Å². The third-order valence-corrected chi connectivity index (χ3v) is 2.71. The number of carboxylic acid groups (broad SMARTS) is 1. The van der Waals surface area contributed by atoms with Crippen molar-refractivity contribution in [3.05, 3.63) is 34.9 Å². The molecule has 0 aliphatic carbocycles. The van der Waals surface area contributed by atoms with Gasteiger partial charge in [0.15, 0.2) is 11.9 Å². The highest BCUT2D eigenvalue weighted by Gasteiger charge is 2.19. The number of alkyl halides is 1. The van der Waals surface area contributed by atoms with Crippen molar-refractivity contribution in [2.75, 3.05) is 0 Å². The lowest BCUT2D eigenvalue weighted by Crippen LogP contribution is -2.14. The van der Waals surface area contributed by atoms with Gasteiger partial charge in [-0.1, -0.05) is 27.6 Å². The van der Waals surface area contributed by atoms with Crippen molar-refractivity contribution < 1.29 is 19.8 Å². The van der Waals surface area contributed by atoms with Crippen LogP contribution in [0, 0.1) is 6.92 Å². The lowest BCUT2D eigenvalue weighted by molar-refractivity contribution is -0.146. The summed E-state index contributed by atoms with van der Waals surface area (Å²) in [6, 6.07) is 4.62. The van der Waals surface area contributed by atoms with E-state index in [1.807, 2.05) is 0 Å². The van der Waals surface area contributed by atoms with Crippen LogP contribution in [0.2, 0.25) is 0 Å². The second-order valence-corrected chi connectivity index (χ2v) is 5.23. The highest BCUT2D eigenvalue weighted by Crippen LogP contribution is 2.19. The summed E-state index contributed by atoms with van der Waals surface area (Å²) in [4.78, 5) is 22.1. The largest absolute Gasteiger partial charge is 0.479 e. The molecule has 1 aromatic rings. The molecule has 17 heavy (non-hydrogen) atoms. The SMILES string of the molecule is Cc1cc(C(=O)C(C)Br)cc(C(O)C(=O)O)c1. The lowest BCUT2D eigenvalue weighted by Gasteiger charge is -2.10. The Kier molecular flexibility index (Phi) is 4.42. The van der Waals surface area contributed by atoms with Crippen molar-refractivity contribution in [3.8, 4) is 0 Å². The normalized spacial score (nSPS) is 14.1. The molecule has 0 heterocycles. The Bertz CT molecular complexity index is 454. The maximum Gasteiger partial charge on any atom is 0.337 e. The molecule has 0 saturated heterocycles. The predicted molar refractivity (Wildman–Crippen MR) is 66.5 cm³/mol. The Morgan fingerprint density at radius 2 is 1.88 bits per heavy atom. The van der Waals surface area contributed by atoms with Crippen LogP contribution in [-0.2, 0) is 4.79 Å². The van der Waals surface area contributed by atoms with Crippen LogP contribution in [0.5, 0.6) is 0 Å². The Morgan fingerprint density at radius 1 is 1.29 bits per heavy atom. The van der Waals surface area contributed by atoms with Gasteiger partial charge in [-0.25, -0.2) is 4.79 Å². The van der Waals surface area contributed by atoms with E-state index in [0.717, 1.165) is 5.56 Å². The van der Waals surface area contributed by atoms with Crippen LogP contribution in [0.15, 0.2) is 18.2 Å². The average Bonchev–Trinajstić information content (AvgIpc) is 2.25. The summed E-state index contributed by atoms with van der Waals surface area (Å²) < 4.78 is 0. The number of hydrogen-bond donors (Lipinski definition) is 2. The minimum Gasteiger partial charge on any atom is -0.479 e. The minimum absolute atomic E-state index is 0.146. The van der Waals surface area contributed by atoms with Crippen LogP contribution >= 0.6 is 15.9 Å². The molecular weight excluding hydrogens is 288 g/mol. The van der Waals surface area contributed by atoms with Crippen molar-refractivity contribution in [3.63, 3.8) is 0 Å². The first-order valence-corrected chi connectivity index (χ1v) is 5.95. The van der Waals surface area contributed by atoms with Crippen LogP contribution in [-0.4, -0.2) is 26.8 Å². The zero-order valence-corrected chi connectivity index (χ0v) is 11.1. The molecule has 0 aliphatic heterocycles. The standard InChI is InChI=1S/C12H13BrO4/c1-6-3-8(10(14)7(2)13)5-9(4-6)11(15)12(16)17/h3-5,7,11,15H,1-2H3,(H,16,17). The van der Waals surface area contributed by atoms with E-state index in [1.54, 1.807) is 26.0 Å². The van der Waals surface area contributed by atoms with Gasteiger partial charge in [-0.3, -0.25) is 4.79 Å². The van der Waals surface area contributed by atoms with Crippen molar-refractivity contribution in [1.29, 1.82) is 0 Å². The maximum atomic E-state index is 11.8. The highest BCUT2D eigenvalue weighted by molar-refractivity contribution is 9.10. The number of aryl methyl sites for hydroxylation is 1. The molecule has 0 saturated carbocycles. The van der Waals surface area contributed by atoms with E-state index in [9.17, 15) is 14.7 Å². The van der Waals surface area contributed by atoms with Crippen LogP contribution in [0.4, 0.5) is 0 Å². The van der Waals surface area contributed by atoms with Gasteiger partial charge in [0.1, 0.15) is 0 Å². The first-order valence-electron chi connectivity index (χ1n) is 5.03. The molecule has 2 unspecified atom stereocenters. The number of aliphatic hydroxyl groups is 1. The molecule has 0 aromatic heterocycles. The average molecular weight is 301 g/mol. The van der Waals surface area contributed by atoms with Gasteiger partial charge in [0.05, 0.1) is 4.83 Å². The fourth-order valence-corrected chi connectivity index (χ4v) is 1.75. The van der Waals surface area contributed by atoms with E-state index in [1.165, 1.54) is 6.07 Å². The molecule has 2 atom stereocenters. The van der Waals surface area contributed by atoms with Gasteiger partial charge < -0.3 is 10.2 Å². The molecule has 0 spiro atoms. The molecule has 0 fully saturated rings. The van der Waals surface area contributed by atoms with Crippen LogP contribution in [0.3, 0.4) is 0 Å². The van der Waals surface area contributed by atoms with E-state index in [0.29, 0.717) is 5.56 Å². The third kappa shape index (κ3) is 3.38. The first kappa shape index (κ1) is 13.9. The van der Waals surface area contributed by atoms with Crippen LogP contribution in [0.25, 0.3) is 0 Å². The number of carboxylic acids is 1. The van der Waals surface area contributed by atoms with Crippen molar-refractivity contribution in [1.82, 2.24) is 0 Å². The number of aliphatic carboxylic acids is 1. The van der Waals surface area contributed by atoms with Gasteiger partial charge in [0, 0.05) is 5.56 Å². The summed E-state index contributed by atoms with van der Waals surface area (Å²) in [5.41, 5.74) is 1.35. The molecular formula is C12H13BrO4. The highest BCUT2D eigenvalue weighted by atomic mass is 79.9. The maximum absolute atomic E-state index is 11.8. The van der Waals surface area contributed by atoms with E-state index in [-0.39, 0.29) is 16.2 Å². The van der Waals surface area contributed by atoms with E-state index >= 15 is 0 Å². The van der Waals surface area contributed by atoms with E-state index in [4.69, 9.17) is 5.11 Å². The monoisotopic (exact) mass is 300 g/mol. The third-order valence-electron chi connectivity index (χ3n) is 2.30. The van der Waals surface area contributed by atoms with Crippen LogP contribution < -0.4 is 0 Å². The van der Waals surface area contributed by atoms with E-state index in [2.05, 4.69) is 15.9 Å². The molecule has 0 bridgehead atoms. The van der Waals surface area contributed by atoms with Gasteiger partial charge in [-0.15, -0.1) is 0 Å².